The highest BCUT2D eigenvalue weighted by atomic mass is 19.1. The molecule has 254 valence electrons. The number of fused-ring (bicyclic) bond motifs is 6. The SMILES string of the molecule is Fc1cc(-c2ccnc3c2ccc2cccnc23)ccc1-c1nc(-c2ccccc2)nc(-c2ccc(-c3ccnc4c3ccc3cccnc34)cc2F)n1. The van der Waals surface area contributed by atoms with Crippen LogP contribution in [-0.4, -0.2) is 34.9 Å². The molecule has 0 saturated carbocycles. The van der Waals surface area contributed by atoms with Crippen LogP contribution in [-0.2, 0) is 0 Å². The summed E-state index contributed by atoms with van der Waals surface area (Å²) >= 11 is 0. The van der Waals surface area contributed by atoms with Crippen LogP contribution >= 0.6 is 0 Å². The number of benzene rings is 5. The van der Waals surface area contributed by atoms with Gasteiger partial charge in [-0.15, -0.1) is 0 Å². The molecule has 0 fully saturated rings. The molecule has 0 amide bonds. The first-order chi connectivity index (χ1) is 26.6. The van der Waals surface area contributed by atoms with Gasteiger partial charge in [-0.05, 0) is 70.8 Å². The van der Waals surface area contributed by atoms with E-state index < -0.39 is 11.6 Å². The molecule has 5 aromatic heterocycles. The van der Waals surface area contributed by atoms with Gasteiger partial charge in [0, 0.05) is 51.9 Å². The molecule has 0 unspecified atom stereocenters. The molecule has 0 saturated heterocycles. The average molecular weight is 702 g/mol. The van der Waals surface area contributed by atoms with Crippen LogP contribution in [0.5, 0.6) is 0 Å². The highest BCUT2D eigenvalue weighted by molar-refractivity contribution is 6.09. The van der Waals surface area contributed by atoms with Crippen LogP contribution in [0.2, 0.25) is 0 Å². The lowest BCUT2D eigenvalue weighted by atomic mass is 9.98. The third kappa shape index (κ3) is 5.29. The summed E-state index contributed by atoms with van der Waals surface area (Å²) in [6.07, 6.45) is 6.88. The van der Waals surface area contributed by atoms with Crippen molar-refractivity contribution in [1.29, 1.82) is 0 Å². The molecule has 0 N–H and O–H groups in total. The van der Waals surface area contributed by atoms with E-state index in [1.807, 2.05) is 103 Å². The highest BCUT2D eigenvalue weighted by Crippen LogP contribution is 2.36. The van der Waals surface area contributed by atoms with Gasteiger partial charge in [-0.3, -0.25) is 19.9 Å². The topological polar surface area (TPSA) is 90.2 Å². The maximum absolute atomic E-state index is 16.3. The van der Waals surface area contributed by atoms with Crippen LogP contribution < -0.4 is 0 Å². The van der Waals surface area contributed by atoms with Crippen molar-refractivity contribution in [2.24, 2.45) is 0 Å². The third-order valence-corrected chi connectivity index (χ3v) is 9.68. The Balaban J connectivity index is 1.07. The van der Waals surface area contributed by atoms with Gasteiger partial charge in [0.2, 0.25) is 0 Å². The molecule has 0 aliphatic heterocycles. The molecule has 0 radical (unpaired) electrons. The predicted molar refractivity (Wildman–Crippen MR) is 208 cm³/mol. The summed E-state index contributed by atoms with van der Waals surface area (Å²) in [6, 6.07) is 38.6. The van der Waals surface area contributed by atoms with E-state index in [0.29, 0.717) is 22.5 Å². The van der Waals surface area contributed by atoms with Crippen molar-refractivity contribution in [3.05, 3.63) is 164 Å². The normalized spacial score (nSPS) is 11.5. The Bertz CT molecular complexity index is 2910. The summed E-state index contributed by atoms with van der Waals surface area (Å²) in [5, 5.41) is 3.65. The molecule has 5 aromatic carbocycles. The highest BCUT2D eigenvalue weighted by Gasteiger charge is 2.19. The van der Waals surface area contributed by atoms with Gasteiger partial charge in [0.15, 0.2) is 17.5 Å². The van der Waals surface area contributed by atoms with Crippen molar-refractivity contribution in [1.82, 2.24) is 34.9 Å². The van der Waals surface area contributed by atoms with Crippen LogP contribution in [0.4, 0.5) is 8.78 Å². The van der Waals surface area contributed by atoms with E-state index >= 15 is 8.78 Å². The fourth-order valence-electron chi connectivity index (χ4n) is 7.07. The lowest BCUT2D eigenvalue weighted by Crippen LogP contribution is -2.02. The monoisotopic (exact) mass is 701 g/mol. The maximum Gasteiger partial charge on any atom is 0.167 e. The number of hydrogen-bond acceptors (Lipinski definition) is 7. The van der Waals surface area contributed by atoms with Gasteiger partial charge < -0.3 is 0 Å². The van der Waals surface area contributed by atoms with E-state index in [9.17, 15) is 0 Å². The minimum absolute atomic E-state index is 0.0839. The molecular weight excluding hydrogens is 677 g/mol. The van der Waals surface area contributed by atoms with E-state index in [2.05, 4.69) is 34.9 Å². The second-order valence-corrected chi connectivity index (χ2v) is 12.9. The minimum atomic E-state index is -0.532. The van der Waals surface area contributed by atoms with Crippen molar-refractivity contribution in [2.45, 2.75) is 0 Å². The van der Waals surface area contributed by atoms with Gasteiger partial charge in [0.05, 0.1) is 33.2 Å². The second-order valence-electron chi connectivity index (χ2n) is 12.9. The summed E-state index contributed by atoms with van der Waals surface area (Å²) < 4.78 is 32.6. The van der Waals surface area contributed by atoms with Crippen LogP contribution in [0.25, 0.3) is 100 Å². The number of halogens is 2. The van der Waals surface area contributed by atoms with Crippen molar-refractivity contribution in [2.75, 3.05) is 0 Å². The molecule has 0 aliphatic rings. The summed E-state index contributed by atoms with van der Waals surface area (Å²) in [5.74, 6) is -0.604. The zero-order valence-corrected chi connectivity index (χ0v) is 28.3. The fourth-order valence-corrected chi connectivity index (χ4v) is 7.07. The molecule has 5 heterocycles. The summed E-state index contributed by atoms with van der Waals surface area (Å²) in [4.78, 5) is 32.3. The zero-order chi connectivity index (χ0) is 36.2. The summed E-state index contributed by atoms with van der Waals surface area (Å²) in [5.41, 5.74) is 6.97. The van der Waals surface area contributed by atoms with E-state index in [-0.39, 0.29) is 22.8 Å². The number of pyridine rings is 4. The number of hydrogen-bond donors (Lipinski definition) is 0. The minimum Gasteiger partial charge on any atom is -0.254 e. The van der Waals surface area contributed by atoms with Crippen LogP contribution in [0.3, 0.4) is 0 Å². The van der Waals surface area contributed by atoms with Crippen molar-refractivity contribution < 1.29 is 8.78 Å². The van der Waals surface area contributed by atoms with Crippen molar-refractivity contribution in [3.8, 4) is 56.4 Å². The second kappa shape index (κ2) is 12.7. The molecule has 54 heavy (non-hydrogen) atoms. The van der Waals surface area contributed by atoms with Crippen molar-refractivity contribution >= 4 is 43.6 Å². The summed E-state index contributed by atoms with van der Waals surface area (Å²) in [6.45, 7) is 0. The van der Waals surface area contributed by atoms with Crippen molar-refractivity contribution in [3.63, 3.8) is 0 Å². The third-order valence-electron chi connectivity index (χ3n) is 9.68. The van der Waals surface area contributed by atoms with E-state index in [1.54, 1.807) is 36.9 Å². The van der Waals surface area contributed by atoms with Gasteiger partial charge in [0.25, 0.3) is 0 Å². The Morgan fingerprint density at radius 1 is 0.333 bits per heavy atom. The van der Waals surface area contributed by atoms with Gasteiger partial charge in [-0.2, -0.15) is 0 Å². The Labute approximate surface area is 306 Å². The molecule has 0 spiro atoms. The maximum atomic E-state index is 16.3. The van der Waals surface area contributed by atoms with Gasteiger partial charge >= 0.3 is 0 Å². The Hall–Kier alpha value is -7.39. The molecule has 0 aliphatic carbocycles. The number of aromatic nitrogens is 7. The molecular formula is C45H25F2N7. The van der Waals surface area contributed by atoms with E-state index in [4.69, 9.17) is 0 Å². The van der Waals surface area contributed by atoms with Gasteiger partial charge in [-0.25, -0.2) is 23.7 Å². The first kappa shape index (κ1) is 31.4. The number of nitrogens with zero attached hydrogens (tertiary/aromatic N) is 7. The number of rotatable bonds is 5. The predicted octanol–water partition coefficient (Wildman–Crippen LogP) is 10.7. The van der Waals surface area contributed by atoms with Crippen LogP contribution in [0.15, 0.2) is 152 Å². The Morgan fingerprint density at radius 3 is 1.31 bits per heavy atom. The summed E-state index contributed by atoms with van der Waals surface area (Å²) in [7, 11) is 0. The lowest BCUT2D eigenvalue weighted by molar-refractivity contribution is 0.629. The Morgan fingerprint density at radius 2 is 0.815 bits per heavy atom. The van der Waals surface area contributed by atoms with Gasteiger partial charge in [-0.1, -0.05) is 78.9 Å². The molecule has 7 nitrogen and oxygen atoms in total. The molecule has 10 aromatic rings. The molecule has 10 rings (SSSR count). The van der Waals surface area contributed by atoms with Gasteiger partial charge in [0.1, 0.15) is 11.6 Å². The average Bonchev–Trinajstić information content (AvgIpc) is 3.23. The zero-order valence-electron chi connectivity index (χ0n) is 28.3. The molecule has 9 heteroatoms. The van der Waals surface area contributed by atoms with Crippen LogP contribution in [0, 0.1) is 11.6 Å². The lowest BCUT2D eigenvalue weighted by Gasteiger charge is -2.12. The quantitative estimate of drug-likeness (QED) is 0.165. The first-order valence-electron chi connectivity index (χ1n) is 17.3. The first-order valence-corrected chi connectivity index (χ1v) is 17.3. The molecule has 0 bridgehead atoms. The van der Waals surface area contributed by atoms with E-state index in [0.717, 1.165) is 54.7 Å². The van der Waals surface area contributed by atoms with E-state index in [1.165, 1.54) is 12.1 Å². The van der Waals surface area contributed by atoms with Crippen LogP contribution in [0.1, 0.15) is 0 Å². The largest absolute Gasteiger partial charge is 0.254 e. The molecule has 0 atom stereocenters. The standard InChI is InChI=1S/C45H25F2N7/c46-37-24-29(31-18-22-50-41-33(31)14-10-26-8-4-20-48-39(26)41)12-16-35(37)44-52-43(28-6-2-1-3-7-28)53-45(54-44)36-17-13-30(25-38(36)47)32-19-23-51-42-34(32)15-11-27-9-5-21-49-40(27)42/h1-25H. The smallest absolute Gasteiger partial charge is 0.167 e. The fraction of sp³-hybridized carbons (Fsp3) is 0. The Kier molecular flexibility index (Phi) is 7.36.